The number of ether oxygens (including phenoxy) is 1. The van der Waals surface area contributed by atoms with E-state index in [1.54, 1.807) is 24.4 Å². The van der Waals surface area contributed by atoms with E-state index in [0.717, 1.165) is 22.6 Å². The van der Waals surface area contributed by atoms with Gasteiger partial charge in [-0.2, -0.15) is 4.31 Å². The van der Waals surface area contributed by atoms with Crippen LogP contribution in [0.15, 0.2) is 40.4 Å². The highest BCUT2D eigenvalue weighted by atomic mass is 32.2. The minimum Gasteiger partial charge on any atom is -0.399 e. The van der Waals surface area contributed by atoms with E-state index in [1.165, 1.54) is 11.4 Å². The molecule has 0 atom stereocenters. The molecule has 1 saturated heterocycles. The molecule has 2 aromatic rings. The Hall–Kier alpha value is -2.16. The molecule has 26 heavy (non-hydrogen) atoms. The van der Waals surface area contributed by atoms with Crippen LogP contribution in [0.3, 0.4) is 0 Å². The zero-order chi connectivity index (χ0) is 18.7. The van der Waals surface area contributed by atoms with Gasteiger partial charge in [-0.1, -0.05) is 11.2 Å². The Balaban J connectivity index is 2.00. The van der Waals surface area contributed by atoms with E-state index in [4.69, 9.17) is 9.57 Å². The van der Waals surface area contributed by atoms with Crippen LogP contribution in [-0.2, 0) is 19.6 Å². The van der Waals surface area contributed by atoms with E-state index in [0.29, 0.717) is 26.3 Å². The number of hydrogen-bond donors (Lipinski definition) is 0. The van der Waals surface area contributed by atoms with Crippen molar-refractivity contribution < 1.29 is 18.0 Å². The van der Waals surface area contributed by atoms with Crippen LogP contribution in [0.25, 0.3) is 5.69 Å². The summed E-state index contributed by atoms with van der Waals surface area (Å²) in [5.41, 5.74) is 3.67. The fraction of sp³-hybridized carbons (Fsp3) is 0.389. The van der Waals surface area contributed by atoms with Gasteiger partial charge in [-0.05, 0) is 38.1 Å². The van der Waals surface area contributed by atoms with E-state index in [-0.39, 0.29) is 4.90 Å². The first-order valence-corrected chi connectivity index (χ1v) is 9.83. The minimum absolute atomic E-state index is 0.288. The van der Waals surface area contributed by atoms with Gasteiger partial charge in [0.25, 0.3) is 0 Å². The Morgan fingerprint density at radius 1 is 1.19 bits per heavy atom. The molecule has 1 aliphatic rings. The lowest BCUT2D eigenvalue weighted by Gasteiger charge is -2.26. The van der Waals surface area contributed by atoms with Crippen LogP contribution in [0.5, 0.6) is 0 Å². The standard InChI is InChI=1S/C18H23N3O4S/c1-14-11-16(13-19-24-3)15(2)21(14)17-5-4-6-18(12-17)26(22,23)20-7-9-25-10-8-20/h4-6,11-13H,7-10H2,1-3H3/b19-13+. The summed E-state index contributed by atoms with van der Waals surface area (Å²) in [4.78, 5) is 5.04. The summed E-state index contributed by atoms with van der Waals surface area (Å²) in [6.45, 7) is 5.55. The van der Waals surface area contributed by atoms with Crippen molar-refractivity contribution in [1.82, 2.24) is 8.87 Å². The number of morpholine rings is 1. The van der Waals surface area contributed by atoms with Crippen molar-refractivity contribution in [2.75, 3.05) is 33.4 Å². The Labute approximate surface area is 153 Å². The second-order valence-electron chi connectivity index (χ2n) is 6.09. The first-order valence-electron chi connectivity index (χ1n) is 8.39. The van der Waals surface area contributed by atoms with Crippen molar-refractivity contribution in [3.8, 4) is 5.69 Å². The van der Waals surface area contributed by atoms with Crippen LogP contribution in [0.2, 0.25) is 0 Å². The molecule has 1 aromatic heterocycles. The zero-order valence-corrected chi connectivity index (χ0v) is 16.0. The molecule has 1 aromatic carbocycles. The third-order valence-corrected chi connectivity index (χ3v) is 6.35. The SMILES string of the molecule is CO/N=C/c1cc(C)n(-c2cccc(S(=O)(=O)N3CCOCC3)c2)c1C. The quantitative estimate of drug-likeness (QED) is 0.591. The van der Waals surface area contributed by atoms with Gasteiger partial charge < -0.3 is 14.1 Å². The summed E-state index contributed by atoms with van der Waals surface area (Å²) >= 11 is 0. The average Bonchev–Trinajstić information content (AvgIpc) is 2.94. The van der Waals surface area contributed by atoms with E-state index in [2.05, 4.69) is 5.16 Å². The fourth-order valence-corrected chi connectivity index (χ4v) is 4.59. The maximum Gasteiger partial charge on any atom is 0.243 e. The topological polar surface area (TPSA) is 73.1 Å². The third kappa shape index (κ3) is 3.53. The maximum absolute atomic E-state index is 12.9. The minimum atomic E-state index is -3.53. The molecule has 8 heteroatoms. The largest absolute Gasteiger partial charge is 0.399 e. The van der Waals surface area contributed by atoms with Gasteiger partial charge in [0.1, 0.15) is 7.11 Å². The highest BCUT2D eigenvalue weighted by Gasteiger charge is 2.26. The van der Waals surface area contributed by atoms with Gasteiger partial charge >= 0.3 is 0 Å². The van der Waals surface area contributed by atoms with Crippen LogP contribution in [0.1, 0.15) is 17.0 Å². The summed E-state index contributed by atoms with van der Waals surface area (Å²) in [5.74, 6) is 0. The molecule has 1 fully saturated rings. The molecule has 0 unspecified atom stereocenters. The molecule has 0 radical (unpaired) electrons. The Bertz CT molecular complexity index is 913. The molecule has 0 aliphatic carbocycles. The first kappa shape index (κ1) is 18.6. The van der Waals surface area contributed by atoms with Crippen molar-refractivity contribution in [1.29, 1.82) is 0 Å². The molecule has 0 bridgehead atoms. The van der Waals surface area contributed by atoms with Crippen molar-refractivity contribution >= 4 is 16.2 Å². The predicted molar refractivity (Wildman–Crippen MR) is 99.4 cm³/mol. The van der Waals surface area contributed by atoms with E-state index in [1.807, 2.05) is 30.5 Å². The molecule has 0 amide bonds. The van der Waals surface area contributed by atoms with Crippen LogP contribution < -0.4 is 0 Å². The average molecular weight is 377 g/mol. The van der Waals surface area contributed by atoms with Crippen molar-refractivity contribution in [2.24, 2.45) is 5.16 Å². The lowest BCUT2D eigenvalue weighted by molar-refractivity contribution is 0.0730. The van der Waals surface area contributed by atoms with Gasteiger partial charge in [0.15, 0.2) is 0 Å². The number of aryl methyl sites for hydroxylation is 1. The van der Waals surface area contributed by atoms with E-state index >= 15 is 0 Å². The third-order valence-electron chi connectivity index (χ3n) is 4.45. The maximum atomic E-state index is 12.9. The number of nitrogens with zero attached hydrogens (tertiary/aromatic N) is 3. The summed E-state index contributed by atoms with van der Waals surface area (Å²) < 4.78 is 34.6. The monoisotopic (exact) mass is 377 g/mol. The predicted octanol–water partition coefficient (Wildman–Crippen LogP) is 2.10. The Kier molecular flexibility index (Phi) is 5.45. The van der Waals surface area contributed by atoms with Gasteiger partial charge in [-0.25, -0.2) is 8.42 Å². The number of rotatable bonds is 5. The van der Waals surface area contributed by atoms with E-state index < -0.39 is 10.0 Å². The van der Waals surface area contributed by atoms with Crippen molar-refractivity contribution in [3.05, 3.63) is 47.3 Å². The Morgan fingerprint density at radius 3 is 2.62 bits per heavy atom. The van der Waals surface area contributed by atoms with Gasteiger partial charge in [0.05, 0.1) is 24.3 Å². The molecule has 3 rings (SSSR count). The van der Waals surface area contributed by atoms with Crippen LogP contribution >= 0.6 is 0 Å². The highest BCUT2D eigenvalue weighted by Crippen LogP contribution is 2.24. The van der Waals surface area contributed by atoms with Crippen molar-refractivity contribution in [3.63, 3.8) is 0 Å². The smallest absolute Gasteiger partial charge is 0.243 e. The number of benzene rings is 1. The summed E-state index contributed by atoms with van der Waals surface area (Å²) in [6, 6.07) is 9.00. The zero-order valence-electron chi connectivity index (χ0n) is 15.2. The van der Waals surface area contributed by atoms with E-state index in [9.17, 15) is 8.42 Å². The van der Waals surface area contributed by atoms with Crippen molar-refractivity contribution in [2.45, 2.75) is 18.7 Å². The Morgan fingerprint density at radius 2 is 1.92 bits per heavy atom. The lowest BCUT2D eigenvalue weighted by atomic mass is 10.2. The molecule has 1 aliphatic heterocycles. The number of hydrogen-bond acceptors (Lipinski definition) is 5. The molecule has 0 spiro atoms. The summed E-state index contributed by atoms with van der Waals surface area (Å²) in [5, 5.41) is 3.82. The second kappa shape index (κ2) is 7.61. The molecular formula is C18H23N3O4S. The van der Waals surface area contributed by atoms with Gasteiger partial charge in [0, 0.05) is 35.7 Å². The number of oxime groups is 1. The molecular weight excluding hydrogens is 354 g/mol. The molecule has 0 N–H and O–H groups in total. The summed E-state index contributed by atoms with van der Waals surface area (Å²) in [7, 11) is -2.04. The lowest BCUT2D eigenvalue weighted by Crippen LogP contribution is -2.40. The molecule has 7 nitrogen and oxygen atoms in total. The first-order chi connectivity index (χ1) is 12.4. The van der Waals surface area contributed by atoms with Crippen LogP contribution in [-0.4, -0.2) is 56.9 Å². The normalized spacial score (nSPS) is 16.3. The van der Waals surface area contributed by atoms with Crippen LogP contribution in [0.4, 0.5) is 0 Å². The summed E-state index contributed by atoms with van der Waals surface area (Å²) in [6.07, 6.45) is 1.65. The molecule has 140 valence electrons. The fourth-order valence-electron chi connectivity index (χ4n) is 3.14. The molecule has 0 saturated carbocycles. The molecule has 2 heterocycles. The number of sulfonamides is 1. The number of aromatic nitrogens is 1. The van der Waals surface area contributed by atoms with Gasteiger partial charge in [0.2, 0.25) is 10.0 Å². The second-order valence-corrected chi connectivity index (χ2v) is 8.03. The van der Waals surface area contributed by atoms with Crippen LogP contribution in [0, 0.1) is 13.8 Å². The highest BCUT2D eigenvalue weighted by molar-refractivity contribution is 7.89. The van der Waals surface area contributed by atoms with Gasteiger partial charge in [-0.15, -0.1) is 0 Å². The van der Waals surface area contributed by atoms with Gasteiger partial charge in [-0.3, -0.25) is 0 Å².